The molecule has 0 heterocycles. The lowest BCUT2D eigenvalue weighted by Crippen LogP contribution is -2.40. The predicted octanol–water partition coefficient (Wildman–Crippen LogP) is 34.1. The number of aldehydes is 4. The molecule has 12 fully saturated rings. The fourth-order valence-corrected chi connectivity index (χ4v) is 33.4. The molecule has 12 aliphatic carbocycles. The molecule has 0 radical (unpaired) electrons. The maximum Gasteiger partial charge on any atom is 0.133 e. The molecule has 28 atom stereocenters. The van der Waals surface area contributed by atoms with Crippen LogP contribution in [0.3, 0.4) is 0 Å². The molecule has 0 aromatic heterocycles. The lowest BCUT2D eigenvalue weighted by Gasteiger charge is -2.44. The second kappa shape index (κ2) is 59.1. The van der Waals surface area contributed by atoms with Crippen LogP contribution < -0.4 is 0 Å². The van der Waals surface area contributed by atoms with Gasteiger partial charge in [0, 0.05) is 47.3 Å². The maximum absolute atomic E-state index is 11.4. The molecular formula is C128H240O12. The molecule has 0 bridgehead atoms. The zero-order valence-electron chi connectivity index (χ0n) is 101. The van der Waals surface area contributed by atoms with E-state index in [-0.39, 0.29) is 91.4 Å². The zero-order chi connectivity index (χ0) is 109. The molecule has 12 saturated carbocycles. The Balaban J connectivity index is 0.000000764. The molecule has 0 saturated heterocycles. The van der Waals surface area contributed by atoms with Crippen molar-refractivity contribution < 1.29 is 58.8 Å². The molecule has 0 aromatic rings. The van der Waals surface area contributed by atoms with Crippen molar-refractivity contribution in [2.75, 3.05) is 0 Å². The number of carbonyl (C=O) groups excluding carboxylic acids is 8. The van der Waals surface area contributed by atoms with Crippen molar-refractivity contribution in [1.29, 1.82) is 0 Å². The average molecular weight is 1970 g/mol. The Hall–Kier alpha value is -2.80. The molecule has 4 unspecified atom stereocenters. The van der Waals surface area contributed by atoms with Crippen molar-refractivity contribution in [2.45, 2.75) is 560 Å². The van der Waals surface area contributed by atoms with Gasteiger partial charge in [0.15, 0.2) is 0 Å². The summed E-state index contributed by atoms with van der Waals surface area (Å²) in [5.74, 6) is 13.3. The van der Waals surface area contributed by atoms with Crippen LogP contribution in [0.1, 0.15) is 536 Å². The van der Waals surface area contributed by atoms with Gasteiger partial charge < -0.3 is 39.6 Å². The van der Waals surface area contributed by atoms with E-state index in [1.165, 1.54) is 231 Å². The minimum absolute atomic E-state index is 0.143. The van der Waals surface area contributed by atoms with Gasteiger partial charge in [-0.25, -0.2) is 0 Å². The van der Waals surface area contributed by atoms with E-state index in [0.29, 0.717) is 163 Å². The third-order valence-electron chi connectivity index (χ3n) is 40.0. The monoisotopic (exact) mass is 1970 g/mol. The molecule has 824 valence electrons. The zero-order valence-corrected chi connectivity index (χ0v) is 101. The molecule has 12 aliphatic rings. The van der Waals surface area contributed by atoms with Gasteiger partial charge in [-0.15, -0.1) is 0 Å². The summed E-state index contributed by atoms with van der Waals surface area (Å²) in [5, 5.41) is 38.7. The average Bonchev–Trinajstić information content (AvgIpc) is 0.810. The van der Waals surface area contributed by atoms with Crippen LogP contribution in [0.25, 0.3) is 0 Å². The van der Waals surface area contributed by atoms with Crippen molar-refractivity contribution in [3.8, 4) is 0 Å². The first kappa shape index (κ1) is 135. The van der Waals surface area contributed by atoms with Crippen LogP contribution in [-0.4, -0.2) is 93.1 Å². The largest absolute Gasteiger partial charge is 0.393 e. The number of aliphatic hydroxyl groups is 4. The Morgan fingerprint density at radius 2 is 0.300 bits per heavy atom. The lowest BCUT2D eigenvalue weighted by atomic mass is 9.62. The van der Waals surface area contributed by atoms with Crippen molar-refractivity contribution in [1.82, 2.24) is 0 Å². The van der Waals surface area contributed by atoms with Gasteiger partial charge in [-0.2, -0.15) is 0 Å². The number of aliphatic hydroxyl groups excluding tert-OH is 4. The van der Waals surface area contributed by atoms with Gasteiger partial charge in [-0.05, 0) is 343 Å². The van der Waals surface area contributed by atoms with Crippen LogP contribution in [0.5, 0.6) is 0 Å². The van der Waals surface area contributed by atoms with Crippen molar-refractivity contribution in [3.05, 3.63) is 0 Å². The van der Waals surface area contributed by atoms with E-state index >= 15 is 0 Å². The summed E-state index contributed by atoms with van der Waals surface area (Å²) in [6.45, 7) is 95.3. The minimum atomic E-state index is -0.143. The standard InChI is InChI=1S/4C11H22O.4C11H20O.4C10H18O/c8*1-8-6-5-7-11(3,4)10(8)9(2)12;4*1-8-5-4-6-10(2,3)9(8)7-11/h4*8-10,12H,5-7H2,1-4H3;4*8,10H,5-7H2,1-4H3;4*7-9H,4-6H2,1-3H3/t2*8-,9?,10+;2*8-,9?,10-;2*8-,10+;2*8-,10-;2*8-,9+;2*8-,9-/m101010101010/s1. The summed E-state index contributed by atoms with van der Waals surface area (Å²) in [6.07, 6.45) is 49.5. The number of rotatable bonds is 12. The number of Topliss-reactive ketones (excluding diaryl/α,β-unsaturated/α-hetero) is 4. The quantitative estimate of drug-likeness (QED) is 0.134. The van der Waals surface area contributed by atoms with E-state index in [1.54, 1.807) is 27.7 Å². The molecule has 12 heteroatoms. The molecular weight excluding hydrogens is 1730 g/mol. The normalized spacial score (nSPS) is 36.3. The van der Waals surface area contributed by atoms with Crippen LogP contribution in [-0.2, 0) is 38.4 Å². The second-order valence-electron chi connectivity index (χ2n) is 58.4. The molecule has 0 aromatic carbocycles. The van der Waals surface area contributed by atoms with Crippen LogP contribution in [0, 0.1) is 207 Å². The highest BCUT2D eigenvalue weighted by atomic mass is 16.3. The molecule has 0 amide bonds. The molecule has 140 heavy (non-hydrogen) atoms. The second-order valence-corrected chi connectivity index (χ2v) is 58.4. The number of hydrogen-bond donors (Lipinski definition) is 4. The molecule has 0 spiro atoms. The number of carbonyl (C=O) groups is 8. The van der Waals surface area contributed by atoms with Crippen LogP contribution in [0.4, 0.5) is 0 Å². The highest BCUT2D eigenvalue weighted by Gasteiger charge is 2.49. The van der Waals surface area contributed by atoms with E-state index in [0.717, 1.165) is 25.1 Å². The van der Waals surface area contributed by atoms with Gasteiger partial charge in [0.1, 0.15) is 48.3 Å². The molecule has 12 nitrogen and oxygen atoms in total. The minimum Gasteiger partial charge on any atom is -0.393 e. The highest BCUT2D eigenvalue weighted by Crippen LogP contribution is 2.54. The summed E-state index contributed by atoms with van der Waals surface area (Å²) >= 11 is 0. The summed E-state index contributed by atoms with van der Waals surface area (Å²) in [4.78, 5) is 88.8. The maximum atomic E-state index is 11.4. The Morgan fingerprint density at radius 1 is 0.193 bits per heavy atom. The third kappa shape index (κ3) is 41.9. The lowest BCUT2D eigenvalue weighted by molar-refractivity contribution is -0.129. The van der Waals surface area contributed by atoms with E-state index in [1.807, 2.05) is 27.7 Å². The highest BCUT2D eigenvalue weighted by molar-refractivity contribution is 5.81. The fourth-order valence-electron chi connectivity index (χ4n) is 33.4. The van der Waals surface area contributed by atoms with Gasteiger partial charge in [0.25, 0.3) is 0 Å². The van der Waals surface area contributed by atoms with Crippen molar-refractivity contribution in [2.24, 2.45) is 207 Å². The third-order valence-corrected chi connectivity index (χ3v) is 40.0. The predicted molar refractivity (Wildman–Crippen MR) is 597 cm³/mol. The first-order valence-electron chi connectivity index (χ1n) is 58.5. The van der Waals surface area contributed by atoms with Gasteiger partial charge in [0.2, 0.25) is 0 Å². The first-order valence-corrected chi connectivity index (χ1v) is 58.5. The van der Waals surface area contributed by atoms with Crippen molar-refractivity contribution >= 4 is 48.3 Å². The van der Waals surface area contributed by atoms with E-state index in [4.69, 9.17) is 0 Å². The topological polar surface area (TPSA) is 217 Å². The smallest absolute Gasteiger partial charge is 0.133 e. The van der Waals surface area contributed by atoms with E-state index in [9.17, 15) is 58.8 Å². The van der Waals surface area contributed by atoms with Crippen LogP contribution in [0.15, 0.2) is 0 Å². The SMILES string of the molecule is CC(=O)[C@@H]1[C@@H](C)CCCC1(C)C.CC(=O)[C@@H]1[C@H](C)CCCC1(C)C.CC(=O)[C@H]1[C@@H](C)CCCC1(C)C.CC(=O)[C@H]1[C@H](C)CCCC1(C)C.CC(O)[C@@H]1[C@@H](C)CCCC1(C)C.CC(O)[C@@H]1[C@H](C)CCCC1(C)C.CC(O)[C@H]1[C@@H](C)CCCC1(C)C.CC(O)[C@H]1[C@H](C)CCCC1(C)C.C[C@@H]1CCCC(C)(C)[C@@H]1C=O.C[C@@H]1CCCC(C)(C)[C@H]1C=O.C[C@H]1CCCC(C)(C)[C@@H]1C=O.C[C@H]1CCCC(C)(C)[C@H]1C=O. The van der Waals surface area contributed by atoms with Gasteiger partial charge in [-0.1, -0.05) is 352 Å². The fraction of sp³-hybridized carbons (Fsp3) is 0.938. The summed E-state index contributed by atoms with van der Waals surface area (Å²) in [5.41, 5.74) is 3.31. The van der Waals surface area contributed by atoms with Gasteiger partial charge in [0.05, 0.1) is 24.4 Å². The van der Waals surface area contributed by atoms with Gasteiger partial charge in [-0.3, -0.25) is 19.2 Å². The number of hydrogen-bond acceptors (Lipinski definition) is 12. The van der Waals surface area contributed by atoms with E-state index in [2.05, 4.69) is 249 Å². The summed E-state index contributed by atoms with van der Waals surface area (Å²) in [6, 6.07) is 0. The van der Waals surface area contributed by atoms with E-state index < -0.39 is 0 Å². The summed E-state index contributed by atoms with van der Waals surface area (Å²) in [7, 11) is 0. The van der Waals surface area contributed by atoms with Crippen LogP contribution in [0.2, 0.25) is 0 Å². The Bertz CT molecular complexity index is 3090. The Kier molecular flexibility index (Phi) is 57.1. The number of ketones is 4. The van der Waals surface area contributed by atoms with Gasteiger partial charge >= 0.3 is 0 Å². The molecule has 0 aliphatic heterocycles. The van der Waals surface area contributed by atoms with Crippen molar-refractivity contribution in [3.63, 3.8) is 0 Å². The molecule has 4 N–H and O–H groups in total. The first-order chi connectivity index (χ1) is 63.9. The van der Waals surface area contributed by atoms with Crippen LogP contribution >= 0.6 is 0 Å². The Morgan fingerprint density at radius 3 is 0.371 bits per heavy atom. The molecule has 12 rings (SSSR count). The summed E-state index contributed by atoms with van der Waals surface area (Å²) < 4.78 is 0. The Labute approximate surface area is 869 Å².